The van der Waals surface area contributed by atoms with Crippen LogP contribution in [0.4, 0.5) is 4.39 Å². The lowest BCUT2D eigenvalue weighted by Crippen LogP contribution is -2.45. The first-order valence-electron chi connectivity index (χ1n) is 9.01. The summed E-state index contributed by atoms with van der Waals surface area (Å²) in [7, 11) is -2.06. The van der Waals surface area contributed by atoms with E-state index >= 15 is 0 Å². The molecule has 1 aromatic rings. The van der Waals surface area contributed by atoms with Crippen molar-refractivity contribution in [2.24, 2.45) is 4.99 Å². The number of amides is 1. The number of likely N-dealkylation sites (N-methyl/N-ethyl adjacent to an activating group) is 2. The molecular formula is C18H29FN4O3S. The Hall–Kier alpha value is -2.16. The third-order valence-electron chi connectivity index (χ3n) is 3.98. The summed E-state index contributed by atoms with van der Waals surface area (Å²) >= 11 is 0. The molecule has 0 saturated carbocycles. The lowest BCUT2D eigenvalue weighted by molar-refractivity contribution is -0.131. The number of nitrogens with zero attached hydrogens (tertiary/aromatic N) is 3. The minimum atomic E-state index is -3.78. The van der Waals surface area contributed by atoms with Crippen LogP contribution in [0.5, 0.6) is 0 Å². The van der Waals surface area contributed by atoms with Crippen LogP contribution >= 0.6 is 0 Å². The summed E-state index contributed by atoms with van der Waals surface area (Å²) in [4.78, 5) is 19.6. The number of benzene rings is 1. The third kappa shape index (κ3) is 6.82. The minimum absolute atomic E-state index is 0.0351. The number of halogens is 1. The van der Waals surface area contributed by atoms with Gasteiger partial charge in [-0.15, -0.1) is 0 Å². The summed E-state index contributed by atoms with van der Waals surface area (Å²) in [5.74, 6) is -0.690. The Morgan fingerprint density at radius 2 is 1.81 bits per heavy atom. The Bertz CT molecular complexity index is 749. The molecule has 0 aliphatic heterocycles. The van der Waals surface area contributed by atoms with Crippen LogP contribution in [-0.4, -0.2) is 75.6 Å². The summed E-state index contributed by atoms with van der Waals surface area (Å²) in [6.07, 6.45) is 0. The van der Waals surface area contributed by atoms with Crippen molar-refractivity contribution in [3.05, 3.63) is 30.1 Å². The van der Waals surface area contributed by atoms with Crippen molar-refractivity contribution in [2.75, 3.05) is 45.5 Å². The van der Waals surface area contributed by atoms with E-state index in [1.54, 1.807) is 16.8 Å². The van der Waals surface area contributed by atoms with E-state index in [0.717, 1.165) is 6.07 Å². The van der Waals surface area contributed by atoms with Gasteiger partial charge in [-0.3, -0.25) is 9.79 Å². The average Bonchev–Trinajstić information content (AvgIpc) is 2.62. The Morgan fingerprint density at radius 1 is 1.19 bits per heavy atom. The highest BCUT2D eigenvalue weighted by atomic mass is 32.2. The molecule has 9 heteroatoms. The van der Waals surface area contributed by atoms with Gasteiger partial charge in [-0.1, -0.05) is 12.1 Å². The number of sulfone groups is 1. The lowest BCUT2D eigenvalue weighted by atomic mass is 10.3. The Kier molecular flexibility index (Phi) is 9.20. The van der Waals surface area contributed by atoms with E-state index in [4.69, 9.17) is 0 Å². The second-order valence-electron chi connectivity index (χ2n) is 5.91. The third-order valence-corrected chi connectivity index (χ3v) is 5.70. The first-order chi connectivity index (χ1) is 12.8. The van der Waals surface area contributed by atoms with Crippen LogP contribution < -0.4 is 5.32 Å². The van der Waals surface area contributed by atoms with Crippen molar-refractivity contribution in [1.29, 1.82) is 0 Å². The maximum Gasteiger partial charge on any atom is 0.242 e. The molecule has 1 aromatic carbocycles. The maximum absolute atomic E-state index is 13.7. The van der Waals surface area contributed by atoms with E-state index in [2.05, 4.69) is 10.3 Å². The first kappa shape index (κ1) is 22.9. The fourth-order valence-corrected chi connectivity index (χ4v) is 3.71. The van der Waals surface area contributed by atoms with E-state index in [9.17, 15) is 17.6 Å². The van der Waals surface area contributed by atoms with E-state index in [1.807, 2.05) is 20.8 Å². The lowest BCUT2D eigenvalue weighted by Gasteiger charge is -2.25. The normalized spacial score (nSPS) is 12.0. The van der Waals surface area contributed by atoms with Gasteiger partial charge in [0.15, 0.2) is 15.8 Å². The molecule has 0 atom stereocenters. The summed E-state index contributed by atoms with van der Waals surface area (Å²) in [6.45, 7) is 7.61. The Labute approximate surface area is 161 Å². The molecule has 0 heterocycles. The molecule has 0 aromatic heterocycles. The van der Waals surface area contributed by atoms with Gasteiger partial charge in [-0.2, -0.15) is 0 Å². The smallest absolute Gasteiger partial charge is 0.242 e. The molecule has 0 unspecified atom stereocenters. The van der Waals surface area contributed by atoms with Gasteiger partial charge < -0.3 is 15.1 Å². The van der Waals surface area contributed by atoms with Crippen molar-refractivity contribution in [3.63, 3.8) is 0 Å². The topological polar surface area (TPSA) is 82.1 Å². The highest BCUT2D eigenvalue weighted by Crippen LogP contribution is 2.15. The molecule has 0 bridgehead atoms. The van der Waals surface area contributed by atoms with Crippen molar-refractivity contribution in [1.82, 2.24) is 15.1 Å². The van der Waals surface area contributed by atoms with Gasteiger partial charge >= 0.3 is 0 Å². The van der Waals surface area contributed by atoms with Crippen LogP contribution in [0.15, 0.2) is 34.2 Å². The van der Waals surface area contributed by atoms with Gasteiger partial charge in [0.05, 0.1) is 18.8 Å². The Morgan fingerprint density at radius 3 is 2.37 bits per heavy atom. The van der Waals surface area contributed by atoms with Crippen LogP contribution in [0.2, 0.25) is 0 Å². The number of hydrogen-bond donors (Lipinski definition) is 1. The fraction of sp³-hybridized carbons (Fsp3) is 0.556. The molecule has 0 spiro atoms. The van der Waals surface area contributed by atoms with Gasteiger partial charge in [0, 0.05) is 26.7 Å². The highest BCUT2D eigenvalue weighted by molar-refractivity contribution is 7.91. The molecule has 1 rings (SSSR count). The molecule has 0 aliphatic rings. The van der Waals surface area contributed by atoms with E-state index in [0.29, 0.717) is 25.6 Å². The van der Waals surface area contributed by atoms with Crippen molar-refractivity contribution >= 4 is 21.7 Å². The predicted octanol–water partition coefficient (Wildman–Crippen LogP) is 1.37. The molecule has 152 valence electrons. The molecular weight excluding hydrogens is 371 g/mol. The van der Waals surface area contributed by atoms with Crippen LogP contribution in [0, 0.1) is 5.82 Å². The number of rotatable bonds is 9. The number of carbonyl (C=O) groups excluding carboxylic acids is 1. The van der Waals surface area contributed by atoms with E-state index < -0.39 is 15.7 Å². The zero-order valence-corrected chi connectivity index (χ0v) is 17.2. The number of hydrogen-bond acceptors (Lipinski definition) is 4. The second kappa shape index (κ2) is 10.9. The summed E-state index contributed by atoms with van der Waals surface area (Å²) < 4.78 is 38.3. The predicted molar refractivity (Wildman–Crippen MR) is 105 cm³/mol. The summed E-state index contributed by atoms with van der Waals surface area (Å²) in [5, 5.41) is 3.04. The van der Waals surface area contributed by atoms with E-state index in [-0.39, 0.29) is 29.6 Å². The average molecular weight is 401 g/mol. The Balaban J connectivity index is 2.81. The largest absolute Gasteiger partial charge is 0.357 e. The maximum atomic E-state index is 13.7. The van der Waals surface area contributed by atoms with E-state index in [1.165, 1.54) is 18.2 Å². The summed E-state index contributed by atoms with van der Waals surface area (Å²) in [5.41, 5.74) is 0. The zero-order valence-electron chi connectivity index (χ0n) is 16.4. The quantitative estimate of drug-likeness (QED) is 0.500. The van der Waals surface area contributed by atoms with Crippen LogP contribution in [0.1, 0.15) is 20.8 Å². The molecule has 7 nitrogen and oxygen atoms in total. The monoisotopic (exact) mass is 400 g/mol. The molecule has 0 aliphatic carbocycles. The van der Waals surface area contributed by atoms with Crippen molar-refractivity contribution in [3.8, 4) is 0 Å². The molecule has 27 heavy (non-hydrogen) atoms. The molecule has 0 fully saturated rings. The molecule has 0 radical (unpaired) electrons. The highest BCUT2D eigenvalue weighted by Gasteiger charge is 2.19. The van der Waals surface area contributed by atoms with Crippen LogP contribution in [0.25, 0.3) is 0 Å². The van der Waals surface area contributed by atoms with Gasteiger partial charge in [-0.05, 0) is 32.9 Å². The number of nitrogens with one attached hydrogen (secondary N) is 1. The van der Waals surface area contributed by atoms with Gasteiger partial charge in [-0.25, -0.2) is 12.8 Å². The molecule has 1 amide bonds. The number of carbonyl (C=O) groups is 1. The zero-order chi connectivity index (χ0) is 20.4. The van der Waals surface area contributed by atoms with Crippen molar-refractivity contribution in [2.45, 2.75) is 25.7 Å². The van der Waals surface area contributed by atoms with Gasteiger partial charge in [0.25, 0.3) is 0 Å². The van der Waals surface area contributed by atoms with Crippen LogP contribution in [0.3, 0.4) is 0 Å². The van der Waals surface area contributed by atoms with Crippen LogP contribution in [-0.2, 0) is 14.6 Å². The number of aliphatic imine (C=N–C) groups is 1. The molecule has 0 saturated heterocycles. The fourth-order valence-electron chi connectivity index (χ4n) is 2.50. The van der Waals surface area contributed by atoms with Gasteiger partial charge in [0.2, 0.25) is 5.91 Å². The standard InChI is InChI=1S/C18H29FN4O3S/c1-5-20-18(22(4)14-17(24)23(6-2)7-3)21-12-13-27(25,26)16-11-9-8-10-15(16)19/h8-11H,5-7,12-14H2,1-4H3,(H,20,21). The van der Waals surface area contributed by atoms with Gasteiger partial charge in [0.1, 0.15) is 10.7 Å². The SMILES string of the molecule is CCNC(=NCCS(=O)(=O)c1ccccc1F)N(C)CC(=O)N(CC)CC. The second-order valence-corrected chi connectivity index (χ2v) is 7.98. The summed E-state index contributed by atoms with van der Waals surface area (Å²) in [6, 6.07) is 5.29. The minimum Gasteiger partial charge on any atom is -0.357 e. The molecule has 1 N–H and O–H groups in total. The number of guanidine groups is 1. The van der Waals surface area contributed by atoms with Crippen molar-refractivity contribution < 1.29 is 17.6 Å². The first-order valence-corrected chi connectivity index (χ1v) is 10.7.